The number of fused-ring (bicyclic) bond motifs is 3. The van der Waals surface area contributed by atoms with Crippen LogP contribution in [-0.4, -0.2) is 0 Å². The molecule has 0 nitrogen and oxygen atoms in total. The third-order valence-corrected chi connectivity index (χ3v) is 9.35. The molecule has 5 aromatic carbocycles. The third kappa shape index (κ3) is 4.30. The summed E-state index contributed by atoms with van der Waals surface area (Å²) in [4.78, 5) is 0. The van der Waals surface area contributed by atoms with Gasteiger partial charge in [-0.1, -0.05) is 146 Å². The molecule has 202 valence electrons. The molecule has 3 aliphatic rings. The first-order valence-corrected chi connectivity index (χ1v) is 15.4. The standard InChI is InChI=1S/C42H34/c1-3-14-29(15-4-1)32-26-33(30-16-5-2-6-17-30)28-34(27-32)41-37-21-9-11-23-39(37)42(40-24-12-10-22-38(40)41)36-25-13-19-31-18-7-8-20-35(31)36/h1-6,9-16,18-26,28,30,32H,7-8,17,27H2. The second-order valence-electron chi connectivity index (χ2n) is 11.8. The van der Waals surface area contributed by atoms with E-state index in [9.17, 15) is 0 Å². The maximum atomic E-state index is 2.54. The first kappa shape index (κ1) is 25.1. The molecule has 0 heteroatoms. The van der Waals surface area contributed by atoms with Crippen molar-refractivity contribution in [2.45, 2.75) is 31.6 Å². The molecule has 0 radical (unpaired) electrons. The number of benzene rings is 5. The van der Waals surface area contributed by atoms with Crippen molar-refractivity contribution in [2.75, 3.05) is 0 Å². The van der Waals surface area contributed by atoms with Crippen LogP contribution in [0.4, 0.5) is 0 Å². The van der Waals surface area contributed by atoms with Crippen LogP contribution in [0.25, 0.3) is 50.4 Å². The van der Waals surface area contributed by atoms with Crippen molar-refractivity contribution >= 4 is 39.3 Å². The quantitative estimate of drug-likeness (QED) is 0.200. The first-order chi connectivity index (χ1) is 20.8. The molecule has 42 heavy (non-hydrogen) atoms. The zero-order chi connectivity index (χ0) is 27.9. The summed E-state index contributed by atoms with van der Waals surface area (Å²) < 4.78 is 0. The summed E-state index contributed by atoms with van der Waals surface area (Å²) in [5, 5.41) is 8.12. The molecule has 2 atom stereocenters. The Hall–Kier alpha value is -4.68. The fourth-order valence-corrected chi connectivity index (χ4v) is 7.42. The first-order valence-electron chi connectivity index (χ1n) is 15.4. The minimum absolute atomic E-state index is 0.351. The molecule has 0 saturated carbocycles. The lowest BCUT2D eigenvalue weighted by molar-refractivity contribution is 0.752. The molecule has 0 spiro atoms. The van der Waals surface area contributed by atoms with Gasteiger partial charge in [0, 0.05) is 11.8 Å². The Balaban J connectivity index is 1.41. The van der Waals surface area contributed by atoms with E-state index in [1.54, 1.807) is 0 Å². The molecule has 0 aromatic heterocycles. The maximum absolute atomic E-state index is 2.54. The van der Waals surface area contributed by atoms with Gasteiger partial charge in [-0.15, -0.1) is 0 Å². The van der Waals surface area contributed by atoms with Gasteiger partial charge in [-0.05, 0) is 91.1 Å². The van der Waals surface area contributed by atoms with Gasteiger partial charge in [0.15, 0.2) is 0 Å². The summed E-state index contributed by atoms with van der Waals surface area (Å²) in [6.45, 7) is 0. The van der Waals surface area contributed by atoms with E-state index < -0.39 is 0 Å². The molecule has 0 bridgehead atoms. The monoisotopic (exact) mass is 538 g/mol. The van der Waals surface area contributed by atoms with Gasteiger partial charge in [-0.25, -0.2) is 0 Å². The van der Waals surface area contributed by atoms with E-state index in [0.717, 1.165) is 25.7 Å². The van der Waals surface area contributed by atoms with Crippen LogP contribution < -0.4 is 10.4 Å². The van der Waals surface area contributed by atoms with Gasteiger partial charge < -0.3 is 0 Å². The molecular formula is C42H34. The van der Waals surface area contributed by atoms with Gasteiger partial charge >= 0.3 is 0 Å². The van der Waals surface area contributed by atoms with Gasteiger partial charge in [0.2, 0.25) is 0 Å². The minimum atomic E-state index is 0.351. The molecule has 0 N–H and O–H groups in total. The predicted molar refractivity (Wildman–Crippen MR) is 181 cm³/mol. The average molecular weight is 539 g/mol. The van der Waals surface area contributed by atoms with Crippen molar-refractivity contribution < 1.29 is 0 Å². The Labute approximate surface area is 248 Å². The molecule has 8 rings (SSSR count). The SMILES string of the molecule is C1=CCC(C2=CC(c3ccccc3)CC(c3c4ccccc4c(-c4cccc5c4=CCCC=5)c4ccccc34)=C2)C=C1. The normalized spacial score (nSPS) is 19.5. The summed E-state index contributed by atoms with van der Waals surface area (Å²) in [6.07, 6.45) is 23.2. The van der Waals surface area contributed by atoms with Crippen LogP contribution in [0.3, 0.4) is 0 Å². The zero-order valence-electron chi connectivity index (χ0n) is 23.8. The van der Waals surface area contributed by atoms with Crippen molar-refractivity contribution in [1.82, 2.24) is 0 Å². The highest BCUT2D eigenvalue weighted by Crippen LogP contribution is 2.46. The van der Waals surface area contributed by atoms with Crippen LogP contribution in [0.5, 0.6) is 0 Å². The lowest BCUT2D eigenvalue weighted by Gasteiger charge is -2.28. The summed E-state index contributed by atoms with van der Waals surface area (Å²) in [7, 11) is 0. The van der Waals surface area contributed by atoms with Gasteiger partial charge in [0.05, 0.1) is 0 Å². The Kier molecular flexibility index (Phi) is 6.34. The van der Waals surface area contributed by atoms with Gasteiger partial charge in [-0.3, -0.25) is 0 Å². The smallest absolute Gasteiger partial charge is 0.00646 e. The highest BCUT2D eigenvalue weighted by Gasteiger charge is 2.25. The van der Waals surface area contributed by atoms with Gasteiger partial charge in [0.1, 0.15) is 0 Å². The van der Waals surface area contributed by atoms with Crippen LogP contribution in [0.2, 0.25) is 0 Å². The molecule has 0 heterocycles. The topological polar surface area (TPSA) is 0 Å². The largest absolute Gasteiger partial charge is 0.0836 e. The molecule has 5 aromatic rings. The molecule has 3 aliphatic carbocycles. The number of hydrogen-bond acceptors (Lipinski definition) is 0. The van der Waals surface area contributed by atoms with Crippen LogP contribution in [0, 0.1) is 5.92 Å². The minimum Gasteiger partial charge on any atom is -0.0836 e. The Morgan fingerprint density at radius 3 is 1.98 bits per heavy atom. The van der Waals surface area contributed by atoms with Crippen molar-refractivity contribution in [2.24, 2.45) is 5.92 Å². The average Bonchev–Trinajstić information content (AvgIpc) is 3.07. The van der Waals surface area contributed by atoms with E-state index in [-0.39, 0.29) is 0 Å². The van der Waals surface area contributed by atoms with Crippen molar-refractivity contribution in [3.05, 3.63) is 161 Å². The predicted octanol–water partition coefficient (Wildman–Crippen LogP) is 9.64. The van der Waals surface area contributed by atoms with Gasteiger partial charge in [0.25, 0.3) is 0 Å². The Bertz CT molecular complexity index is 2020. The molecule has 0 amide bonds. The highest BCUT2D eigenvalue weighted by molar-refractivity contribution is 6.19. The Morgan fingerprint density at radius 1 is 0.571 bits per heavy atom. The van der Waals surface area contributed by atoms with E-state index in [4.69, 9.17) is 0 Å². The summed E-state index contributed by atoms with van der Waals surface area (Å²) in [5.41, 5.74) is 8.38. The molecule has 0 saturated heterocycles. The van der Waals surface area contributed by atoms with Crippen LogP contribution in [-0.2, 0) is 0 Å². The van der Waals surface area contributed by atoms with Crippen LogP contribution in [0.1, 0.15) is 42.7 Å². The van der Waals surface area contributed by atoms with Crippen molar-refractivity contribution in [1.29, 1.82) is 0 Å². The second kappa shape index (κ2) is 10.6. The van der Waals surface area contributed by atoms with E-state index in [2.05, 4.69) is 146 Å². The maximum Gasteiger partial charge on any atom is 0.00646 e. The summed E-state index contributed by atoms with van der Waals surface area (Å²) >= 11 is 0. The van der Waals surface area contributed by atoms with Crippen molar-refractivity contribution in [3.63, 3.8) is 0 Å². The number of allylic oxidation sites excluding steroid dienone is 8. The fraction of sp³-hybridized carbons (Fsp3) is 0.143. The third-order valence-electron chi connectivity index (χ3n) is 9.35. The lowest BCUT2D eigenvalue weighted by Crippen LogP contribution is -2.28. The second-order valence-corrected chi connectivity index (χ2v) is 11.8. The molecule has 0 aliphatic heterocycles. The fourth-order valence-electron chi connectivity index (χ4n) is 7.42. The number of hydrogen-bond donors (Lipinski definition) is 0. The number of rotatable bonds is 4. The summed E-state index contributed by atoms with van der Waals surface area (Å²) in [6, 6.07) is 36.2. The summed E-state index contributed by atoms with van der Waals surface area (Å²) in [5.74, 6) is 0.764. The van der Waals surface area contributed by atoms with Crippen molar-refractivity contribution in [3.8, 4) is 11.1 Å². The molecule has 2 unspecified atom stereocenters. The van der Waals surface area contributed by atoms with Crippen LogP contribution in [0.15, 0.2) is 139 Å². The lowest BCUT2D eigenvalue weighted by atomic mass is 9.76. The highest BCUT2D eigenvalue weighted by atomic mass is 14.3. The van der Waals surface area contributed by atoms with E-state index in [0.29, 0.717) is 11.8 Å². The zero-order valence-corrected chi connectivity index (χ0v) is 23.8. The van der Waals surface area contributed by atoms with Gasteiger partial charge in [-0.2, -0.15) is 0 Å². The molecule has 0 fully saturated rings. The van der Waals surface area contributed by atoms with E-state index >= 15 is 0 Å². The molecular weight excluding hydrogens is 504 g/mol. The van der Waals surface area contributed by atoms with E-state index in [1.807, 2.05) is 0 Å². The van der Waals surface area contributed by atoms with Crippen LogP contribution >= 0.6 is 0 Å². The van der Waals surface area contributed by atoms with E-state index in [1.165, 1.54) is 65.4 Å². The Morgan fingerprint density at radius 2 is 1.26 bits per heavy atom.